The van der Waals surface area contributed by atoms with E-state index in [1.165, 1.54) is 44.9 Å². The van der Waals surface area contributed by atoms with Crippen LogP contribution in [-0.2, 0) is 0 Å². The van der Waals surface area contributed by atoms with Gasteiger partial charge in [0.05, 0.1) is 0 Å². The number of nitrogens with one attached hydrogen (secondary N) is 1. The van der Waals surface area contributed by atoms with Crippen LogP contribution in [0.1, 0.15) is 48.9 Å². The van der Waals surface area contributed by atoms with Crippen LogP contribution in [0.25, 0.3) is 11.4 Å². The zero-order valence-electron chi connectivity index (χ0n) is 12.5. The van der Waals surface area contributed by atoms with Crippen molar-refractivity contribution in [1.29, 1.82) is 0 Å². The van der Waals surface area contributed by atoms with Gasteiger partial charge in [-0.1, -0.05) is 25.0 Å². The van der Waals surface area contributed by atoms with Crippen molar-refractivity contribution in [3.63, 3.8) is 0 Å². The van der Waals surface area contributed by atoms with Crippen molar-refractivity contribution in [1.82, 2.24) is 20.1 Å². The average molecular weight is 296 g/mol. The number of hydrogen-bond acceptors (Lipinski definition) is 3. The van der Waals surface area contributed by atoms with E-state index in [0.29, 0.717) is 12.1 Å². The van der Waals surface area contributed by atoms with Gasteiger partial charge in [-0.2, -0.15) is 5.10 Å². The lowest BCUT2D eigenvalue weighted by molar-refractivity contribution is 0.0664. The molecule has 2 fully saturated rings. The molecular weight excluding hydrogens is 276 g/mol. The van der Waals surface area contributed by atoms with Crippen molar-refractivity contribution >= 4 is 5.91 Å². The zero-order chi connectivity index (χ0) is 14.9. The summed E-state index contributed by atoms with van der Waals surface area (Å²) in [6.45, 7) is 0. The number of aromatic amines is 1. The lowest BCUT2D eigenvalue weighted by Gasteiger charge is -2.29. The Morgan fingerprint density at radius 2 is 1.73 bits per heavy atom. The van der Waals surface area contributed by atoms with Gasteiger partial charge in [0.25, 0.3) is 5.91 Å². The number of benzene rings is 1. The van der Waals surface area contributed by atoms with Crippen LogP contribution in [0.2, 0.25) is 0 Å². The summed E-state index contributed by atoms with van der Waals surface area (Å²) in [6, 6.07) is 8.62. The first-order valence-electron chi connectivity index (χ1n) is 8.11. The van der Waals surface area contributed by atoms with E-state index in [9.17, 15) is 4.79 Å². The molecule has 0 spiro atoms. The molecule has 0 atom stereocenters. The summed E-state index contributed by atoms with van der Waals surface area (Å²) >= 11 is 0. The van der Waals surface area contributed by atoms with Gasteiger partial charge < -0.3 is 4.90 Å². The highest BCUT2D eigenvalue weighted by Crippen LogP contribution is 2.35. The fraction of sp³-hybridized carbons (Fsp3) is 0.471. The van der Waals surface area contributed by atoms with Crippen molar-refractivity contribution in [2.45, 2.75) is 50.6 Å². The Bertz CT molecular complexity index is 640. The molecule has 22 heavy (non-hydrogen) atoms. The van der Waals surface area contributed by atoms with E-state index in [1.807, 2.05) is 24.3 Å². The molecule has 2 aliphatic rings. The second-order valence-corrected chi connectivity index (χ2v) is 6.29. The minimum Gasteiger partial charge on any atom is -0.333 e. The van der Waals surface area contributed by atoms with Crippen LogP contribution >= 0.6 is 0 Å². The van der Waals surface area contributed by atoms with Gasteiger partial charge in [-0.3, -0.25) is 9.89 Å². The maximum absolute atomic E-state index is 12.9. The van der Waals surface area contributed by atoms with Gasteiger partial charge in [0, 0.05) is 23.2 Å². The number of hydrogen-bond donors (Lipinski definition) is 1. The maximum Gasteiger partial charge on any atom is 0.254 e. The summed E-state index contributed by atoms with van der Waals surface area (Å²) in [6.07, 6.45) is 8.66. The number of rotatable bonds is 4. The molecule has 0 bridgehead atoms. The first kappa shape index (κ1) is 13.5. The maximum atomic E-state index is 12.9. The first-order chi connectivity index (χ1) is 10.8. The molecule has 1 amide bonds. The van der Waals surface area contributed by atoms with E-state index < -0.39 is 0 Å². The molecule has 2 aromatic rings. The van der Waals surface area contributed by atoms with Crippen LogP contribution < -0.4 is 0 Å². The largest absolute Gasteiger partial charge is 0.333 e. The van der Waals surface area contributed by atoms with E-state index in [0.717, 1.165) is 17.0 Å². The molecule has 0 saturated heterocycles. The molecule has 1 aromatic heterocycles. The van der Waals surface area contributed by atoms with Gasteiger partial charge >= 0.3 is 0 Å². The fourth-order valence-corrected chi connectivity index (χ4v) is 3.43. The van der Waals surface area contributed by atoms with Crippen LogP contribution in [0.5, 0.6) is 0 Å². The standard InChI is InChI=1S/C17H20N4O/c22-17(21(15-9-10-15)14-3-1-2-4-14)13-7-5-12(6-8-13)16-18-11-19-20-16/h5-8,11,14-15H,1-4,9-10H2,(H,18,19,20). The average Bonchev–Trinajstić information content (AvgIpc) is 3.04. The SMILES string of the molecule is O=C(c1ccc(-c2ncn[nH]2)cc1)N(C1CCCC1)C1CC1. The third-order valence-corrected chi connectivity index (χ3v) is 4.71. The van der Waals surface area contributed by atoms with Gasteiger partial charge in [-0.25, -0.2) is 4.98 Å². The number of aromatic nitrogens is 3. The number of nitrogens with zero attached hydrogens (tertiary/aromatic N) is 3. The summed E-state index contributed by atoms with van der Waals surface area (Å²) in [7, 11) is 0. The molecular formula is C17H20N4O. The van der Waals surface area contributed by atoms with Gasteiger partial charge in [0.2, 0.25) is 0 Å². The van der Waals surface area contributed by atoms with E-state index >= 15 is 0 Å². The van der Waals surface area contributed by atoms with Crippen LogP contribution in [0.15, 0.2) is 30.6 Å². The molecule has 0 aliphatic heterocycles. The summed E-state index contributed by atoms with van der Waals surface area (Å²) in [5.41, 5.74) is 1.73. The van der Waals surface area contributed by atoms with Gasteiger partial charge in [-0.05, 0) is 37.8 Å². The molecule has 1 N–H and O–H groups in total. The minimum absolute atomic E-state index is 0.193. The predicted molar refractivity (Wildman–Crippen MR) is 83.3 cm³/mol. The van der Waals surface area contributed by atoms with E-state index in [1.54, 1.807) is 0 Å². The van der Waals surface area contributed by atoms with Crippen molar-refractivity contribution in [3.05, 3.63) is 36.2 Å². The van der Waals surface area contributed by atoms with Crippen LogP contribution in [0.3, 0.4) is 0 Å². The summed E-state index contributed by atoms with van der Waals surface area (Å²) in [4.78, 5) is 19.2. The molecule has 0 radical (unpaired) electrons. The van der Waals surface area contributed by atoms with Gasteiger partial charge in [-0.15, -0.1) is 0 Å². The Morgan fingerprint density at radius 1 is 1.05 bits per heavy atom. The van der Waals surface area contributed by atoms with Gasteiger partial charge in [0.1, 0.15) is 6.33 Å². The first-order valence-corrected chi connectivity index (χ1v) is 8.11. The fourth-order valence-electron chi connectivity index (χ4n) is 3.43. The number of carbonyl (C=O) groups excluding carboxylic acids is 1. The number of H-pyrrole nitrogens is 1. The van der Waals surface area contributed by atoms with Crippen LogP contribution in [-0.4, -0.2) is 38.1 Å². The monoisotopic (exact) mass is 296 g/mol. The summed E-state index contributed by atoms with van der Waals surface area (Å²) < 4.78 is 0. The molecule has 2 aliphatic carbocycles. The smallest absolute Gasteiger partial charge is 0.254 e. The highest BCUT2D eigenvalue weighted by atomic mass is 16.2. The Hall–Kier alpha value is -2.17. The highest BCUT2D eigenvalue weighted by Gasteiger charge is 2.38. The number of carbonyl (C=O) groups is 1. The molecule has 1 aromatic carbocycles. The number of amides is 1. The Balaban J connectivity index is 1.56. The van der Waals surface area contributed by atoms with E-state index in [4.69, 9.17) is 0 Å². The zero-order valence-corrected chi connectivity index (χ0v) is 12.5. The van der Waals surface area contributed by atoms with Crippen molar-refractivity contribution in [2.75, 3.05) is 0 Å². The lowest BCUT2D eigenvalue weighted by Crippen LogP contribution is -2.40. The molecule has 5 heteroatoms. The molecule has 114 valence electrons. The minimum atomic E-state index is 0.193. The van der Waals surface area contributed by atoms with Crippen molar-refractivity contribution in [3.8, 4) is 11.4 Å². The molecule has 1 heterocycles. The Labute approximate surface area is 129 Å². The van der Waals surface area contributed by atoms with Crippen LogP contribution in [0.4, 0.5) is 0 Å². The van der Waals surface area contributed by atoms with E-state index in [2.05, 4.69) is 20.1 Å². The van der Waals surface area contributed by atoms with Gasteiger partial charge in [0.15, 0.2) is 5.82 Å². The Morgan fingerprint density at radius 3 is 2.32 bits per heavy atom. The lowest BCUT2D eigenvalue weighted by atomic mass is 10.1. The Kier molecular flexibility index (Phi) is 3.41. The third-order valence-electron chi connectivity index (χ3n) is 4.71. The second-order valence-electron chi connectivity index (χ2n) is 6.29. The van der Waals surface area contributed by atoms with Crippen molar-refractivity contribution in [2.24, 2.45) is 0 Å². The highest BCUT2D eigenvalue weighted by molar-refractivity contribution is 5.95. The molecule has 5 nitrogen and oxygen atoms in total. The predicted octanol–water partition coefficient (Wildman–Crippen LogP) is 3.02. The van der Waals surface area contributed by atoms with Crippen LogP contribution in [0, 0.1) is 0 Å². The summed E-state index contributed by atoms with van der Waals surface area (Å²) in [5.74, 6) is 0.923. The molecule has 0 unspecified atom stereocenters. The van der Waals surface area contributed by atoms with E-state index in [-0.39, 0.29) is 5.91 Å². The molecule has 2 saturated carbocycles. The third kappa shape index (κ3) is 2.51. The summed E-state index contributed by atoms with van der Waals surface area (Å²) in [5, 5.41) is 6.70. The normalized spacial score (nSPS) is 18.5. The van der Waals surface area contributed by atoms with Crippen molar-refractivity contribution < 1.29 is 4.79 Å². The topological polar surface area (TPSA) is 61.9 Å². The second kappa shape index (κ2) is 5.55. The quantitative estimate of drug-likeness (QED) is 0.943. The molecule has 4 rings (SSSR count).